The predicted molar refractivity (Wildman–Crippen MR) is 90.1 cm³/mol. The molecule has 0 heterocycles. The van der Waals surface area contributed by atoms with Crippen LogP contribution in [-0.4, -0.2) is 38.7 Å². The van der Waals surface area contributed by atoms with E-state index < -0.39 is 0 Å². The molecule has 19 heavy (non-hydrogen) atoms. The molecule has 1 unspecified atom stereocenters. The minimum Gasteiger partial charge on any atom is -0.469 e. The first kappa shape index (κ1) is 20.8. The molecule has 0 aromatic rings. The average molecular weight is 385 g/mol. The zero-order chi connectivity index (χ0) is 13.8. The van der Waals surface area contributed by atoms with Crippen molar-refractivity contribution in [3.8, 4) is 0 Å². The molecule has 0 aliphatic rings. The molecule has 6 heteroatoms. The third kappa shape index (κ3) is 12.3. The lowest BCUT2D eigenvalue weighted by Crippen LogP contribution is -2.42. The summed E-state index contributed by atoms with van der Waals surface area (Å²) in [5.41, 5.74) is 0. The van der Waals surface area contributed by atoms with E-state index in [9.17, 15) is 4.79 Å². The monoisotopic (exact) mass is 385 g/mol. The van der Waals surface area contributed by atoms with Crippen molar-refractivity contribution in [3.63, 3.8) is 0 Å². The molecule has 0 spiro atoms. The van der Waals surface area contributed by atoms with Crippen molar-refractivity contribution in [3.05, 3.63) is 0 Å². The maximum atomic E-state index is 10.9. The average Bonchev–Trinajstić information content (AvgIpc) is 2.40. The molecular formula is C13H28IN3O2. The molecule has 1 atom stereocenters. The minimum atomic E-state index is -0.128. The second-order valence-electron chi connectivity index (χ2n) is 4.34. The second-order valence-corrected chi connectivity index (χ2v) is 4.34. The van der Waals surface area contributed by atoms with E-state index in [2.05, 4.69) is 34.2 Å². The highest BCUT2D eigenvalue weighted by atomic mass is 127. The molecular weight excluding hydrogens is 357 g/mol. The molecule has 5 nitrogen and oxygen atoms in total. The lowest BCUT2D eigenvalue weighted by atomic mass is 10.2. The molecule has 114 valence electrons. The molecule has 0 radical (unpaired) electrons. The van der Waals surface area contributed by atoms with Crippen LogP contribution >= 0.6 is 24.0 Å². The Morgan fingerprint density at radius 3 is 2.53 bits per heavy atom. The fourth-order valence-electron chi connectivity index (χ4n) is 1.41. The van der Waals surface area contributed by atoms with Gasteiger partial charge >= 0.3 is 5.97 Å². The number of nitrogens with one attached hydrogen (secondary N) is 2. The zero-order valence-corrected chi connectivity index (χ0v) is 14.8. The number of rotatable bonds is 8. The topological polar surface area (TPSA) is 62.7 Å². The Bertz CT molecular complexity index is 260. The van der Waals surface area contributed by atoms with Gasteiger partial charge in [-0.2, -0.15) is 0 Å². The molecule has 0 fully saturated rings. The van der Waals surface area contributed by atoms with Crippen LogP contribution in [0.15, 0.2) is 4.99 Å². The molecule has 0 rings (SSSR count). The van der Waals surface area contributed by atoms with Crippen molar-refractivity contribution in [1.29, 1.82) is 0 Å². The van der Waals surface area contributed by atoms with Gasteiger partial charge in [0.1, 0.15) is 0 Å². The standard InChI is InChI=1S/C13H27N3O2.HI/c1-5-11(2)16-13(14-3)15-10-8-6-7-9-12(17)18-4;/h11H,5-10H2,1-4H3,(H2,14,15,16);1H. The van der Waals surface area contributed by atoms with E-state index in [1.807, 2.05) is 0 Å². The first-order valence-electron chi connectivity index (χ1n) is 6.68. The van der Waals surface area contributed by atoms with Crippen molar-refractivity contribution in [2.24, 2.45) is 4.99 Å². The van der Waals surface area contributed by atoms with E-state index in [-0.39, 0.29) is 29.9 Å². The van der Waals surface area contributed by atoms with Gasteiger partial charge in [-0.1, -0.05) is 13.3 Å². The summed E-state index contributed by atoms with van der Waals surface area (Å²) in [6.07, 6.45) is 4.50. The quantitative estimate of drug-likeness (QED) is 0.221. The van der Waals surface area contributed by atoms with Crippen molar-refractivity contribution < 1.29 is 9.53 Å². The number of hydrogen-bond donors (Lipinski definition) is 2. The third-order valence-electron chi connectivity index (χ3n) is 2.80. The number of carbonyl (C=O) groups is 1. The number of unbranched alkanes of at least 4 members (excludes halogenated alkanes) is 2. The smallest absolute Gasteiger partial charge is 0.305 e. The number of esters is 1. The van der Waals surface area contributed by atoms with E-state index in [0.29, 0.717) is 12.5 Å². The van der Waals surface area contributed by atoms with E-state index in [4.69, 9.17) is 0 Å². The van der Waals surface area contributed by atoms with Crippen LogP contribution in [0.1, 0.15) is 46.0 Å². The van der Waals surface area contributed by atoms with Crippen LogP contribution in [0.25, 0.3) is 0 Å². The highest BCUT2D eigenvalue weighted by Gasteiger charge is 2.02. The summed E-state index contributed by atoms with van der Waals surface area (Å²) in [7, 11) is 3.20. The first-order chi connectivity index (χ1) is 8.63. The minimum absolute atomic E-state index is 0. The molecule has 0 saturated carbocycles. The molecule has 0 aliphatic carbocycles. The largest absolute Gasteiger partial charge is 0.469 e. The highest BCUT2D eigenvalue weighted by Crippen LogP contribution is 2.00. The first-order valence-corrected chi connectivity index (χ1v) is 6.68. The molecule has 0 bridgehead atoms. The Hall–Kier alpha value is -0.530. The van der Waals surface area contributed by atoms with Gasteiger partial charge in [0.25, 0.3) is 0 Å². The van der Waals surface area contributed by atoms with Gasteiger partial charge in [0.2, 0.25) is 0 Å². The molecule has 0 amide bonds. The summed E-state index contributed by atoms with van der Waals surface area (Å²) in [5.74, 6) is 0.717. The number of halogens is 1. The summed E-state index contributed by atoms with van der Waals surface area (Å²) in [4.78, 5) is 15.0. The summed E-state index contributed by atoms with van der Waals surface area (Å²) in [5, 5.41) is 6.56. The van der Waals surface area contributed by atoms with Gasteiger partial charge in [-0.3, -0.25) is 9.79 Å². The maximum Gasteiger partial charge on any atom is 0.305 e. The van der Waals surface area contributed by atoms with Gasteiger partial charge in [-0.15, -0.1) is 24.0 Å². The van der Waals surface area contributed by atoms with Crippen LogP contribution in [0.4, 0.5) is 0 Å². The van der Waals surface area contributed by atoms with Gasteiger partial charge < -0.3 is 15.4 Å². The van der Waals surface area contributed by atoms with Crippen molar-refractivity contribution in [2.45, 2.75) is 52.0 Å². The van der Waals surface area contributed by atoms with Gasteiger partial charge in [0.05, 0.1) is 7.11 Å². The third-order valence-corrected chi connectivity index (χ3v) is 2.80. The second kappa shape index (κ2) is 13.9. The molecule has 0 saturated heterocycles. The maximum absolute atomic E-state index is 10.9. The SMILES string of the molecule is CCC(C)NC(=NC)NCCCCCC(=O)OC.I. The molecule has 0 aromatic carbocycles. The van der Waals surface area contributed by atoms with Crippen molar-refractivity contribution in [2.75, 3.05) is 20.7 Å². The normalized spacial score (nSPS) is 12.3. The van der Waals surface area contributed by atoms with E-state index in [1.54, 1.807) is 7.05 Å². The number of methoxy groups -OCH3 is 1. The van der Waals surface area contributed by atoms with E-state index in [1.165, 1.54) is 7.11 Å². The van der Waals surface area contributed by atoms with Crippen LogP contribution < -0.4 is 10.6 Å². The van der Waals surface area contributed by atoms with E-state index in [0.717, 1.165) is 38.2 Å². The Balaban J connectivity index is 0. The number of guanidine groups is 1. The van der Waals surface area contributed by atoms with Gasteiger partial charge in [-0.05, 0) is 26.2 Å². The van der Waals surface area contributed by atoms with Crippen molar-refractivity contribution in [1.82, 2.24) is 10.6 Å². The Morgan fingerprint density at radius 1 is 1.32 bits per heavy atom. The summed E-state index contributed by atoms with van der Waals surface area (Å²) in [6.45, 7) is 5.14. The molecule has 0 aliphatic heterocycles. The Labute approximate surface area is 134 Å². The zero-order valence-electron chi connectivity index (χ0n) is 12.5. The Morgan fingerprint density at radius 2 is 2.00 bits per heavy atom. The van der Waals surface area contributed by atoms with Crippen molar-refractivity contribution >= 4 is 35.9 Å². The lowest BCUT2D eigenvalue weighted by molar-refractivity contribution is -0.140. The van der Waals surface area contributed by atoms with Gasteiger partial charge in [-0.25, -0.2) is 0 Å². The van der Waals surface area contributed by atoms with Crippen LogP contribution in [0.5, 0.6) is 0 Å². The number of hydrogen-bond acceptors (Lipinski definition) is 3. The lowest BCUT2D eigenvalue weighted by Gasteiger charge is -2.16. The number of aliphatic imine (C=N–C) groups is 1. The van der Waals surface area contributed by atoms with Gasteiger partial charge in [0, 0.05) is 26.1 Å². The number of ether oxygens (including phenoxy) is 1. The number of carbonyl (C=O) groups excluding carboxylic acids is 1. The van der Waals surface area contributed by atoms with Crippen LogP contribution in [-0.2, 0) is 9.53 Å². The molecule has 2 N–H and O–H groups in total. The predicted octanol–water partition coefficient (Wildman–Crippen LogP) is 2.30. The summed E-state index contributed by atoms with van der Waals surface area (Å²) < 4.78 is 4.58. The Kier molecular flexibility index (Phi) is 15.2. The summed E-state index contributed by atoms with van der Waals surface area (Å²) in [6, 6.07) is 0.426. The van der Waals surface area contributed by atoms with Crippen LogP contribution in [0.3, 0.4) is 0 Å². The fourth-order valence-corrected chi connectivity index (χ4v) is 1.41. The van der Waals surface area contributed by atoms with Crippen LogP contribution in [0, 0.1) is 0 Å². The highest BCUT2D eigenvalue weighted by molar-refractivity contribution is 14.0. The van der Waals surface area contributed by atoms with Crippen LogP contribution in [0.2, 0.25) is 0 Å². The van der Waals surface area contributed by atoms with Gasteiger partial charge in [0.15, 0.2) is 5.96 Å². The summed E-state index contributed by atoms with van der Waals surface area (Å²) >= 11 is 0. The fraction of sp³-hybridized carbons (Fsp3) is 0.846. The molecule has 0 aromatic heterocycles. The van der Waals surface area contributed by atoms with E-state index >= 15 is 0 Å². The number of nitrogens with zero attached hydrogens (tertiary/aromatic N) is 1.